The second-order valence-electron chi connectivity index (χ2n) is 3.00. The number of hydrogen-bond acceptors (Lipinski definition) is 0. The van der Waals surface area contributed by atoms with E-state index in [0.29, 0.717) is 18.3 Å². The van der Waals surface area contributed by atoms with Gasteiger partial charge in [0, 0.05) is 12.3 Å². The summed E-state index contributed by atoms with van der Waals surface area (Å²) in [7, 11) is 0. The first kappa shape index (κ1) is 5.63. The summed E-state index contributed by atoms with van der Waals surface area (Å²) in [5.74, 6) is -1.50. The number of rotatable bonds is 1. The molecule has 2 heteroatoms. The maximum Gasteiger partial charge on any atom is 0.254 e. The fraction of sp³-hybridized carbons (Fsp3) is 0.857. The summed E-state index contributed by atoms with van der Waals surface area (Å²) in [5.41, 5.74) is 0. The molecule has 51 valence electrons. The highest BCUT2D eigenvalue weighted by Gasteiger charge is 2.55. The van der Waals surface area contributed by atoms with Gasteiger partial charge in [0.1, 0.15) is 0 Å². The molecule has 0 N–H and O–H groups in total. The van der Waals surface area contributed by atoms with Gasteiger partial charge in [-0.3, -0.25) is 0 Å². The van der Waals surface area contributed by atoms with Gasteiger partial charge in [-0.15, -0.1) is 0 Å². The molecular weight excluding hydrogens is 122 g/mol. The van der Waals surface area contributed by atoms with Gasteiger partial charge < -0.3 is 0 Å². The first-order chi connectivity index (χ1) is 4.20. The zero-order chi connectivity index (χ0) is 6.48. The van der Waals surface area contributed by atoms with Gasteiger partial charge in [0.2, 0.25) is 0 Å². The van der Waals surface area contributed by atoms with Gasteiger partial charge in [0.05, 0.1) is 0 Å². The van der Waals surface area contributed by atoms with Crippen molar-refractivity contribution in [2.75, 3.05) is 0 Å². The van der Waals surface area contributed by atoms with Gasteiger partial charge in [0.25, 0.3) is 5.92 Å². The Labute approximate surface area is 53.2 Å². The van der Waals surface area contributed by atoms with Crippen LogP contribution >= 0.6 is 0 Å². The SMILES string of the molecule is FC1(F)CC[C]1C1CC1. The zero-order valence-corrected chi connectivity index (χ0v) is 5.16. The quantitative estimate of drug-likeness (QED) is 0.512. The lowest BCUT2D eigenvalue weighted by atomic mass is 9.77. The van der Waals surface area contributed by atoms with E-state index >= 15 is 0 Å². The van der Waals surface area contributed by atoms with Gasteiger partial charge in [-0.1, -0.05) is 0 Å². The topological polar surface area (TPSA) is 0 Å². The van der Waals surface area contributed by atoms with Gasteiger partial charge >= 0.3 is 0 Å². The maximum atomic E-state index is 12.5. The normalized spacial score (nSPS) is 34.0. The Morgan fingerprint density at radius 2 is 2.00 bits per heavy atom. The van der Waals surface area contributed by atoms with Crippen molar-refractivity contribution in [2.24, 2.45) is 5.92 Å². The van der Waals surface area contributed by atoms with E-state index in [2.05, 4.69) is 0 Å². The molecule has 2 aliphatic rings. The summed E-state index contributed by atoms with van der Waals surface area (Å²) >= 11 is 0. The van der Waals surface area contributed by atoms with Crippen LogP contribution in [0.1, 0.15) is 25.7 Å². The van der Waals surface area contributed by atoms with E-state index < -0.39 is 5.92 Å². The summed E-state index contributed by atoms with van der Waals surface area (Å²) in [6, 6.07) is 0. The summed E-state index contributed by atoms with van der Waals surface area (Å²) in [4.78, 5) is 0. The van der Waals surface area contributed by atoms with Crippen molar-refractivity contribution in [3.05, 3.63) is 5.92 Å². The summed E-state index contributed by atoms with van der Waals surface area (Å²) in [6.45, 7) is 0. The molecule has 0 spiro atoms. The molecule has 2 fully saturated rings. The Balaban J connectivity index is 1.98. The minimum Gasteiger partial charge on any atom is -0.206 e. The monoisotopic (exact) mass is 131 g/mol. The highest BCUT2D eigenvalue weighted by atomic mass is 19.3. The van der Waals surface area contributed by atoms with Crippen molar-refractivity contribution in [3.63, 3.8) is 0 Å². The lowest BCUT2D eigenvalue weighted by molar-refractivity contribution is -0.0524. The van der Waals surface area contributed by atoms with Crippen LogP contribution in [0.4, 0.5) is 8.78 Å². The molecule has 2 aliphatic carbocycles. The van der Waals surface area contributed by atoms with Crippen LogP contribution in [0.5, 0.6) is 0 Å². The molecule has 0 atom stereocenters. The van der Waals surface area contributed by atoms with Gasteiger partial charge in [0.15, 0.2) is 0 Å². The fourth-order valence-electron chi connectivity index (χ4n) is 1.39. The first-order valence-electron chi connectivity index (χ1n) is 3.44. The maximum absolute atomic E-state index is 12.5. The molecule has 1 radical (unpaired) electrons. The predicted octanol–water partition coefficient (Wildman–Crippen LogP) is 2.40. The summed E-state index contributed by atoms with van der Waals surface area (Å²) in [6.07, 6.45) is 2.84. The largest absolute Gasteiger partial charge is 0.254 e. The molecule has 0 nitrogen and oxygen atoms in total. The molecule has 0 aromatic rings. The van der Waals surface area contributed by atoms with Crippen LogP contribution in [0.3, 0.4) is 0 Å². The van der Waals surface area contributed by atoms with Crippen LogP contribution in [0, 0.1) is 11.8 Å². The third-order valence-electron chi connectivity index (χ3n) is 2.25. The number of alkyl halides is 2. The molecule has 0 saturated heterocycles. The number of hydrogen-bond donors (Lipinski definition) is 0. The molecule has 9 heavy (non-hydrogen) atoms. The van der Waals surface area contributed by atoms with Gasteiger partial charge in [-0.05, 0) is 25.2 Å². The second-order valence-corrected chi connectivity index (χ2v) is 3.00. The summed E-state index contributed by atoms with van der Waals surface area (Å²) in [5, 5.41) is 0. The summed E-state index contributed by atoms with van der Waals surface area (Å²) < 4.78 is 24.9. The Morgan fingerprint density at radius 3 is 2.11 bits per heavy atom. The predicted molar refractivity (Wildman–Crippen MR) is 30.1 cm³/mol. The standard InChI is InChI=1S/C7H9F2/c8-7(9)4-3-6(7)5-1-2-5/h5H,1-4H2. The molecular formula is C7H9F2. The highest BCUT2D eigenvalue weighted by Crippen LogP contribution is 2.56. The van der Waals surface area contributed by atoms with Crippen molar-refractivity contribution in [1.29, 1.82) is 0 Å². The lowest BCUT2D eigenvalue weighted by Crippen LogP contribution is -2.37. The minimum atomic E-state index is -2.36. The van der Waals surface area contributed by atoms with Gasteiger partial charge in [-0.25, -0.2) is 8.78 Å². The molecule has 0 amide bonds. The van der Waals surface area contributed by atoms with E-state index in [1.165, 1.54) is 0 Å². The molecule has 0 aromatic heterocycles. The van der Waals surface area contributed by atoms with Crippen LogP contribution < -0.4 is 0 Å². The van der Waals surface area contributed by atoms with Crippen molar-refractivity contribution < 1.29 is 8.78 Å². The van der Waals surface area contributed by atoms with Crippen molar-refractivity contribution >= 4 is 0 Å². The Kier molecular flexibility index (Phi) is 0.920. The average Bonchev–Trinajstić information content (AvgIpc) is 2.48. The Hall–Kier alpha value is -0.140. The molecule has 2 saturated carbocycles. The Bertz CT molecular complexity index is 127. The third kappa shape index (κ3) is 0.759. The molecule has 0 heterocycles. The molecule has 0 unspecified atom stereocenters. The minimum absolute atomic E-state index is 0.110. The van der Waals surface area contributed by atoms with Crippen LogP contribution in [0.2, 0.25) is 0 Å². The van der Waals surface area contributed by atoms with E-state index in [1.807, 2.05) is 0 Å². The molecule has 2 rings (SSSR count). The van der Waals surface area contributed by atoms with E-state index in [9.17, 15) is 8.78 Å². The van der Waals surface area contributed by atoms with Crippen molar-refractivity contribution in [2.45, 2.75) is 31.6 Å². The van der Waals surface area contributed by atoms with E-state index in [0.717, 1.165) is 12.8 Å². The average molecular weight is 131 g/mol. The lowest BCUT2D eigenvalue weighted by Gasteiger charge is -2.35. The highest BCUT2D eigenvalue weighted by molar-refractivity contribution is 5.19. The van der Waals surface area contributed by atoms with E-state index in [1.54, 1.807) is 0 Å². The molecule has 0 aliphatic heterocycles. The number of halogens is 2. The first-order valence-corrected chi connectivity index (χ1v) is 3.44. The van der Waals surface area contributed by atoms with Crippen LogP contribution in [-0.2, 0) is 0 Å². The van der Waals surface area contributed by atoms with Crippen molar-refractivity contribution in [3.8, 4) is 0 Å². The van der Waals surface area contributed by atoms with E-state index in [4.69, 9.17) is 0 Å². The van der Waals surface area contributed by atoms with Crippen molar-refractivity contribution in [1.82, 2.24) is 0 Å². The van der Waals surface area contributed by atoms with Crippen LogP contribution in [0.15, 0.2) is 0 Å². The fourth-order valence-corrected chi connectivity index (χ4v) is 1.39. The van der Waals surface area contributed by atoms with Crippen LogP contribution in [-0.4, -0.2) is 5.92 Å². The molecule has 0 bridgehead atoms. The third-order valence-corrected chi connectivity index (χ3v) is 2.25. The van der Waals surface area contributed by atoms with E-state index in [-0.39, 0.29) is 6.42 Å². The Morgan fingerprint density at radius 1 is 1.33 bits per heavy atom. The second kappa shape index (κ2) is 1.47. The molecule has 0 aromatic carbocycles. The zero-order valence-electron chi connectivity index (χ0n) is 5.16. The van der Waals surface area contributed by atoms with Gasteiger partial charge in [-0.2, -0.15) is 0 Å². The smallest absolute Gasteiger partial charge is 0.206 e. The van der Waals surface area contributed by atoms with Crippen LogP contribution in [0.25, 0.3) is 0 Å².